The second kappa shape index (κ2) is 8.27. The monoisotopic (exact) mass is 438 g/mol. The fraction of sp³-hybridized carbons (Fsp3) is 0.962. The van der Waals surface area contributed by atoms with Crippen LogP contribution in [0.1, 0.15) is 85.5 Å². The zero-order chi connectivity index (χ0) is 22.7. The molecule has 0 aromatic rings. The van der Waals surface area contributed by atoms with Gasteiger partial charge >= 0.3 is 5.97 Å². The van der Waals surface area contributed by atoms with Crippen LogP contribution in [-0.2, 0) is 4.79 Å². The van der Waals surface area contributed by atoms with Gasteiger partial charge in [-0.1, -0.05) is 34.1 Å². The Labute approximate surface area is 187 Å². The lowest BCUT2D eigenvalue weighted by molar-refractivity contribution is -0.213. The number of alkyl halides is 1. The highest BCUT2D eigenvalue weighted by Gasteiger charge is 2.65. The average Bonchev–Trinajstić information content (AvgIpc) is 3.06. The first-order valence-corrected chi connectivity index (χ1v) is 12.8. The van der Waals surface area contributed by atoms with Gasteiger partial charge in [-0.2, -0.15) is 0 Å². The van der Waals surface area contributed by atoms with E-state index in [1.54, 1.807) is 0 Å². The first-order valence-electron chi connectivity index (χ1n) is 12.8. The SMILES string of the molecule is CC[C@H]1[C@@H](O)[C@@H]2[C@H](CC[C@]3(C)[C@@H](C(C)CCC(=O)O)CC[C@@H]23)[C@@]2(C)C[C@H](F)[C@@H](O)C[C@@H]12. The third kappa shape index (κ3) is 3.57. The molecule has 5 heteroatoms. The van der Waals surface area contributed by atoms with E-state index in [9.17, 15) is 19.4 Å². The molecule has 178 valence electrons. The third-order valence-electron chi connectivity index (χ3n) is 11.0. The average molecular weight is 439 g/mol. The summed E-state index contributed by atoms with van der Waals surface area (Å²) in [5.41, 5.74) is -0.0254. The molecule has 4 rings (SSSR count). The zero-order valence-electron chi connectivity index (χ0n) is 19.8. The van der Waals surface area contributed by atoms with Gasteiger partial charge in [0.05, 0.1) is 12.2 Å². The third-order valence-corrected chi connectivity index (χ3v) is 11.0. The summed E-state index contributed by atoms with van der Waals surface area (Å²) in [6.45, 7) is 9.00. The second-order valence-corrected chi connectivity index (χ2v) is 12.1. The number of hydrogen-bond donors (Lipinski definition) is 3. The summed E-state index contributed by atoms with van der Waals surface area (Å²) in [5.74, 6) is 1.40. The van der Waals surface area contributed by atoms with Crippen LogP contribution in [0, 0.1) is 52.3 Å². The Balaban J connectivity index is 1.63. The van der Waals surface area contributed by atoms with Gasteiger partial charge in [0.1, 0.15) is 6.17 Å². The van der Waals surface area contributed by atoms with Crippen LogP contribution in [0.15, 0.2) is 0 Å². The minimum atomic E-state index is -1.16. The van der Waals surface area contributed by atoms with Gasteiger partial charge in [0, 0.05) is 6.42 Å². The minimum absolute atomic E-state index is 0.124. The molecule has 0 radical (unpaired) electrons. The van der Waals surface area contributed by atoms with E-state index >= 15 is 0 Å². The Hall–Kier alpha value is -0.680. The lowest BCUT2D eigenvalue weighted by Gasteiger charge is -2.65. The number of aliphatic hydroxyl groups excluding tert-OH is 2. The summed E-state index contributed by atoms with van der Waals surface area (Å²) in [6.07, 6.45) is 4.60. The van der Waals surface area contributed by atoms with Crippen LogP contribution in [0.3, 0.4) is 0 Å². The second-order valence-electron chi connectivity index (χ2n) is 12.1. The van der Waals surface area contributed by atoms with Crippen molar-refractivity contribution in [3.05, 3.63) is 0 Å². The predicted molar refractivity (Wildman–Crippen MR) is 118 cm³/mol. The van der Waals surface area contributed by atoms with Gasteiger partial charge in [-0.3, -0.25) is 4.79 Å². The quantitative estimate of drug-likeness (QED) is 0.560. The molecule has 12 atom stereocenters. The van der Waals surface area contributed by atoms with Crippen molar-refractivity contribution in [2.75, 3.05) is 0 Å². The number of fused-ring (bicyclic) bond motifs is 5. The van der Waals surface area contributed by atoms with Crippen molar-refractivity contribution in [3.8, 4) is 0 Å². The number of halogens is 1. The smallest absolute Gasteiger partial charge is 0.303 e. The molecule has 4 aliphatic rings. The maximum Gasteiger partial charge on any atom is 0.303 e. The van der Waals surface area contributed by atoms with E-state index in [-0.39, 0.29) is 41.1 Å². The Morgan fingerprint density at radius 2 is 1.77 bits per heavy atom. The summed E-state index contributed by atoms with van der Waals surface area (Å²) in [5, 5.41) is 31.1. The molecule has 1 unspecified atom stereocenters. The van der Waals surface area contributed by atoms with Crippen molar-refractivity contribution in [3.63, 3.8) is 0 Å². The van der Waals surface area contributed by atoms with Crippen LogP contribution >= 0.6 is 0 Å². The van der Waals surface area contributed by atoms with Crippen LogP contribution in [0.5, 0.6) is 0 Å². The molecular formula is C26H43FO4. The van der Waals surface area contributed by atoms with Crippen molar-refractivity contribution >= 4 is 5.97 Å². The molecule has 0 saturated heterocycles. The maximum atomic E-state index is 14.8. The van der Waals surface area contributed by atoms with E-state index in [0.29, 0.717) is 36.5 Å². The van der Waals surface area contributed by atoms with Crippen LogP contribution in [0.4, 0.5) is 4.39 Å². The molecule has 4 nitrogen and oxygen atoms in total. The van der Waals surface area contributed by atoms with Gasteiger partial charge in [-0.15, -0.1) is 0 Å². The predicted octanol–water partition coefficient (Wildman–Crippen LogP) is 5.06. The first kappa shape index (κ1) is 23.5. The largest absolute Gasteiger partial charge is 0.481 e. The van der Waals surface area contributed by atoms with Gasteiger partial charge in [0.25, 0.3) is 0 Å². The van der Waals surface area contributed by atoms with Gasteiger partial charge < -0.3 is 15.3 Å². The molecule has 0 heterocycles. The van der Waals surface area contributed by atoms with Gasteiger partial charge in [0.2, 0.25) is 0 Å². The summed E-state index contributed by atoms with van der Waals surface area (Å²) >= 11 is 0. The topological polar surface area (TPSA) is 77.8 Å². The highest BCUT2D eigenvalue weighted by atomic mass is 19.1. The van der Waals surface area contributed by atoms with E-state index in [0.717, 1.165) is 38.5 Å². The highest BCUT2D eigenvalue weighted by molar-refractivity contribution is 5.66. The Morgan fingerprint density at radius 1 is 1.10 bits per heavy atom. The van der Waals surface area contributed by atoms with Crippen molar-refractivity contribution in [1.82, 2.24) is 0 Å². The lowest BCUT2D eigenvalue weighted by Crippen LogP contribution is -2.63. The molecule has 0 bridgehead atoms. The minimum Gasteiger partial charge on any atom is -0.481 e. The van der Waals surface area contributed by atoms with Crippen LogP contribution in [-0.4, -0.2) is 39.7 Å². The zero-order valence-corrected chi connectivity index (χ0v) is 19.8. The van der Waals surface area contributed by atoms with Crippen molar-refractivity contribution < 1.29 is 24.5 Å². The Kier molecular flexibility index (Phi) is 6.26. The number of aliphatic hydroxyl groups is 2. The number of rotatable bonds is 5. The molecule has 3 N–H and O–H groups in total. The number of carboxylic acids is 1. The van der Waals surface area contributed by atoms with Crippen LogP contribution in [0.25, 0.3) is 0 Å². The number of hydrogen-bond acceptors (Lipinski definition) is 3. The molecule has 0 spiro atoms. The summed E-state index contributed by atoms with van der Waals surface area (Å²) < 4.78 is 14.8. The summed E-state index contributed by atoms with van der Waals surface area (Å²) in [6, 6.07) is 0. The van der Waals surface area contributed by atoms with Crippen molar-refractivity contribution in [1.29, 1.82) is 0 Å². The van der Waals surface area contributed by atoms with Gasteiger partial charge in [-0.25, -0.2) is 4.39 Å². The first-order chi connectivity index (χ1) is 14.5. The molecule has 31 heavy (non-hydrogen) atoms. The Morgan fingerprint density at radius 3 is 2.42 bits per heavy atom. The number of carbonyl (C=O) groups is 1. The maximum absolute atomic E-state index is 14.8. The standard InChI is InChI=1S/C26H43FO4/c1-5-15-19-12-21(28)20(27)13-26(19,4)18-10-11-25(3)16(14(2)6-9-22(29)30)7-8-17(25)23(18)24(15)31/h14-21,23-24,28,31H,5-13H2,1-4H3,(H,29,30)/t14?,15-,16-,17+,18+,19+,20+,21+,23+,24-,25-,26-/m1/s1. The van der Waals surface area contributed by atoms with Gasteiger partial charge in [0.15, 0.2) is 0 Å². The van der Waals surface area contributed by atoms with Gasteiger partial charge in [-0.05, 0) is 97.2 Å². The molecule has 4 saturated carbocycles. The summed E-state index contributed by atoms with van der Waals surface area (Å²) in [4.78, 5) is 11.1. The molecule has 0 aromatic carbocycles. The van der Waals surface area contributed by atoms with E-state index in [1.165, 1.54) is 0 Å². The molecule has 0 aliphatic heterocycles. The molecular weight excluding hydrogens is 395 g/mol. The number of carboxylic acid groups (broad SMARTS) is 1. The van der Waals surface area contributed by atoms with Crippen molar-refractivity contribution in [2.45, 2.75) is 104 Å². The fourth-order valence-electron chi connectivity index (χ4n) is 9.49. The molecule has 0 aromatic heterocycles. The van der Waals surface area contributed by atoms with Crippen LogP contribution < -0.4 is 0 Å². The molecule has 0 amide bonds. The van der Waals surface area contributed by atoms with E-state index in [4.69, 9.17) is 5.11 Å². The van der Waals surface area contributed by atoms with E-state index in [2.05, 4.69) is 27.7 Å². The van der Waals surface area contributed by atoms with Crippen molar-refractivity contribution in [2.24, 2.45) is 52.3 Å². The fourth-order valence-corrected chi connectivity index (χ4v) is 9.49. The highest BCUT2D eigenvalue weighted by Crippen LogP contribution is 2.69. The lowest BCUT2D eigenvalue weighted by atomic mass is 9.41. The Bertz CT molecular complexity index is 684. The molecule has 4 aliphatic carbocycles. The van der Waals surface area contributed by atoms with Crippen LogP contribution in [0.2, 0.25) is 0 Å². The number of aliphatic carboxylic acids is 1. The molecule has 4 fully saturated rings. The summed E-state index contributed by atoms with van der Waals surface area (Å²) in [7, 11) is 0. The normalized spacial score (nSPS) is 52.7. The van der Waals surface area contributed by atoms with E-state index < -0.39 is 18.2 Å². The van der Waals surface area contributed by atoms with E-state index in [1.807, 2.05) is 0 Å².